The summed E-state index contributed by atoms with van der Waals surface area (Å²) in [6.45, 7) is 5.58. The minimum absolute atomic E-state index is 0.0742. The number of amides is 1. The van der Waals surface area contributed by atoms with E-state index in [1.165, 1.54) is 12.0 Å². The predicted octanol–water partition coefficient (Wildman–Crippen LogP) is 2.58. The highest BCUT2D eigenvalue weighted by atomic mass is 32.1. The van der Waals surface area contributed by atoms with Crippen LogP contribution >= 0.6 is 11.3 Å². The number of piperidine rings is 1. The molecule has 0 radical (unpaired) electrons. The lowest BCUT2D eigenvalue weighted by Gasteiger charge is -2.31. The largest absolute Gasteiger partial charge is 0.480 e. The first kappa shape index (κ1) is 15.9. The second-order valence-electron chi connectivity index (χ2n) is 5.74. The smallest absolute Gasteiger partial charge is 0.274 e. The Morgan fingerprint density at radius 1 is 1.35 bits per heavy atom. The zero-order chi connectivity index (χ0) is 16.4. The van der Waals surface area contributed by atoms with Crippen molar-refractivity contribution in [3.63, 3.8) is 0 Å². The molecule has 23 heavy (non-hydrogen) atoms. The molecule has 3 heterocycles. The summed E-state index contributed by atoms with van der Waals surface area (Å²) in [4.78, 5) is 20.4. The molecule has 1 atom stereocenters. The van der Waals surface area contributed by atoms with E-state index in [1.54, 1.807) is 23.5 Å². The van der Waals surface area contributed by atoms with Crippen LogP contribution in [0.1, 0.15) is 44.8 Å². The predicted molar refractivity (Wildman–Crippen MR) is 88.1 cm³/mol. The number of methoxy groups -OCH3 is 1. The highest BCUT2D eigenvalue weighted by molar-refractivity contribution is 7.11. The number of carbonyl (C=O) groups is 1. The summed E-state index contributed by atoms with van der Waals surface area (Å²) in [5, 5.41) is 8.97. The SMILES string of the molecule is COc1ccc(C(=O)N2CCCC(c3nc(C)c(C)s3)C2)nn1. The molecule has 0 N–H and O–H groups in total. The van der Waals surface area contributed by atoms with Crippen molar-refractivity contribution in [2.24, 2.45) is 0 Å². The van der Waals surface area contributed by atoms with Gasteiger partial charge in [0.05, 0.1) is 17.8 Å². The lowest BCUT2D eigenvalue weighted by atomic mass is 9.98. The zero-order valence-electron chi connectivity index (χ0n) is 13.6. The summed E-state index contributed by atoms with van der Waals surface area (Å²) in [7, 11) is 1.53. The van der Waals surface area contributed by atoms with Crippen LogP contribution in [0.4, 0.5) is 0 Å². The van der Waals surface area contributed by atoms with Gasteiger partial charge in [0.25, 0.3) is 5.91 Å². The van der Waals surface area contributed by atoms with E-state index in [0.717, 1.165) is 30.1 Å². The Balaban J connectivity index is 1.73. The van der Waals surface area contributed by atoms with Crippen molar-refractivity contribution in [1.82, 2.24) is 20.1 Å². The number of aromatic nitrogens is 3. The summed E-state index contributed by atoms with van der Waals surface area (Å²) in [5.74, 6) is 0.651. The molecule has 1 unspecified atom stereocenters. The first-order valence-electron chi connectivity index (χ1n) is 7.69. The van der Waals surface area contributed by atoms with Crippen LogP contribution in [0, 0.1) is 13.8 Å². The number of thiazole rings is 1. The van der Waals surface area contributed by atoms with E-state index >= 15 is 0 Å². The second kappa shape index (κ2) is 6.62. The highest BCUT2D eigenvalue weighted by Crippen LogP contribution is 2.31. The normalized spacial score (nSPS) is 18.0. The van der Waals surface area contributed by atoms with Crippen LogP contribution in [0.2, 0.25) is 0 Å². The molecule has 6 nitrogen and oxygen atoms in total. The van der Waals surface area contributed by atoms with Gasteiger partial charge in [-0.2, -0.15) is 0 Å². The molecule has 2 aromatic heterocycles. The molecule has 7 heteroatoms. The molecule has 2 aromatic rings. The maximum atomic E-state index is 12.6. The van der Waals surface area contributed by atoms with Crippen molar-refractivity contribution < 1.29 is 9.53 Å². The third kappa shape index (κ3) is 3.34. The minimum atomic E-state index is -0.0742. The Labute approximate surface area is 139 Å². The molecule has 0 spiro atoms. The average molecular weight is 332 g/mol. The lowest BCUT2D eigenvalue weighted by Crippen LogP contribution is -2.39. The molecule has 0 saturated carbocycles. The first-order valence-corrected chi connectivity index (χ1v) is 8.51. The number of nitrogens with zero attached hydrogens (tertiary/aromatic N) is 4. The number of ether oxygens (including phenoxy) is 1. The number of carbonyl (C=O) groups excluding carboxylic acids is 1. The van der Waals surface area contributed by atoms with Crippen LogP contribution in [0.5, 0.6) is 5.88 Å². The van der Waals surface area contributed by atoms with Crippen LogP contribution < -0.4 is 4.74 Å². The van der Waals surface area contributed by atoms with Gasteiger partial charge < -0.3 is 9.64 Å². The molecule has 1 fully saturated rings. The zero-order valence-corrected chi connectivity index (χ0v) is 14.4. The van der Waals surface area contributed by atoms with Gasteiger partial charge >= 0.3 is 0 Å². The summed E-state index contributed by atoms with van der Waals surface area (Å²) in [6, 6.07) is 3.32. The van der Waals surface area contributed by atoms with E-state index in [9.17, 15) is 4.79 Å². The van der Waals surface area contributed by atoms with Crippen LogP contribution in [0.3, 0.4) is 0 Å². The van der Waals surface area contributed by atoms with Crippen LogP contribution in [-0.2, 0) is 0 Å². The maximum Gasteiger partial charge on any atom is 0.274 e. The Morgan fingerprint density at radius 2 is 2.17 bits per heavy atom. The first-order chi connectivity index (χ1) is 11.1. The number of hydrogen-bond acceptors (Lipinski definition) is 6. The van der Waals surface area contributed by atoms with Crippen molar-refractivity contribution in [2.75, 3.05) is 20.2 Å². The Morgan fingerprint density at radius 3 is 2.78 bits per heavy atom. The van der Waals surface area contributed by atoms with E-state index < -0.39 is 0 Å². The van der Waals surface area contributed by atoms with Gasteiger partial charge in [-0.3, -0.25) is 4.79 Å². The van der Waals surface area contributed by atoms with E-state index in [0.29, 0.717) is 24.0 Å². The quantitative estimate of drug-likeness (QED) is 0.864. The average Bonchev–Trinajstić information content (AvgIpc) is 2.93. The Kier molecular flexibility index (Phi) is 4.56. The molecule has 1 amide bonds. The molecule has 1 aliphatic heterocycles. The Bertz CT molecular complexity index is 679. The van der Waals surface area contributed by atoms with E-state index in [1.807, 2.05) is 11.8 Å². The minimum Gasteiger partial charge on any atom is -0.480 e. The van der Waals surface area contributed by atoms with Gasteiger partial charge in [-0.05, 0) is 32.8 Å². The van der Waals surface area contributed by atoms with Crippen molar-refractivity contribution >= 4 is 17.2 Å². The molecule has 0 aromatic carbocycles. The molecule has 122 valence electrons. The fourth-order valence-electron chi connectivity index (χ4n) is 2.74. The fourth-order valence-corrected chi connectivity index (χ4v) is 3.79. The van der Waals surface area contributed by atoms with E-state index in [-0.39, 0.29) is 5.91 Å². The molecule has 0 bridgehead atoms. The van der Waals surface area contributed by atoms with Crippen LogP contribution in [-0.4, -0.2) is 46.2 Å². The summed E-state index contributed by atoms with van der Waals surface area (Å²) in [6.07, 6.45) is 2.06. The lowest BCUT2D eigenvalue weighted by molar-refractivity contribution is 0.0699. The number of rotatable bonds is 3. The highest BCUT2D eigenvalue weighted by Gasteiger charge is 2.28. The van der Waals surface area contributed by atoms with Gasteiger partial charge in [0.15, 0.2) is 5.69 Å². The molecular formula is C16H20N4O2S. The fraction of sp³-hybridized carbons (Fsp3) is 0.500. The van der Waals surface area contributed by atoms with Gasteiger partial charge in [0.2, 0.25) is 5.88 Å². The van der Waals surface area contributed by atoms with Crippen molar-refractivity contribution in [3.05, 3.63) is 33.4 Å². The van der Waals surface area contributed by atoms with Gasteiger partial charge in [-0.1, -0.05) is 0 Å². The van der Waals surface area contributed by atoms with E-state index in [2.05, 4.69) is 22.1 Å². The van der Waals surface area contributed by atoms with Gasteiger partial charge in [-0.15, -0.1) is 21.5 Å². The second-order valence-corrected chi connectivity index (χ2v) is 6.98. The third-order valence-electron chi connectivity index (χ3n) is 4.17. The van der Waals surface area contributed by atoms with Gasteiger partial charge in [-0.25, -0.2) is 4.98 Å². The molecule has 3 rings (SSSR count). The summed E-state index contributed by atoms with van der Waals surface area (Å²) >= 11 is 1.74. The number of aryl methyl sites for hydroxylation is 2. The maximum absolute atomic E-state index is 12.6. The monoisotopic (exact) mass is 332 g/mol. The Hall–Kier alpha value is -2.02. The van der Waals surface area contributed by atoms with Crippen molar-refractivity contribution in [3.8, 4) is 5.88 Å². The van der Waals surface area contributed by atoms with E-state index in [4.69, 9.17) is 4.74 Å². The van der Waals surface area contributed by atoms with Gasteiger partial charge in [0.1, 0.15) is 0 Å². The molecular weight excluding hydrogens is 312 g/mol. The van der Waals surface area contributed by atoms with Crippen molar-refractivity contribution in [1.29, 1.82) is 0 Å². The third-order valence-corrected chi connectivity index (χ3v) is 5.41. The summed E-state index contributed by atoms with van der Waals surface area (Å²) < 4.78 is 4.98. The summed E-state index contributed by atoms with van der Waals surface area (Å²) in [5.41, 5.74) is 1.45. The molecule has 1 aliphatic rings. The molecule has 1 saturated heterocycles. The van der Waals surface area contributed by atoms with Crippen LogP contribution in [0.25, 0.3) is 0 Å². The van der Waals surface area contributed by atoms with Crippen molar-refractivity contribution in [2.45, 2.75) is 32.6 Å². The standard InChI is InChI=1S/C16H20N4O2S/c1-10-11(2)23-15(17-10)12-5-4-8-20(9-12)16(21)13-6-7-14(22-3)19-18-13/h6-7,12H,4-5,8-9H2,1-3H3. The number of likely N-dealkylation sites (tertiary alicyclic amines) is 1. The number of hydrogen-bond donors (Lipinski definition) is 0. The molecule has 0 aliphatic carbocycles. The topological polar surface area (TPSA) is 68.2 Å². The van der Waals surface area contributed by atoms with Gasteiger partial charge in [0, 0.05) is 30.0 Å². The van der Waals surface area contributed by atoms with Crippen LogP contribution in [0.15, 0.2) is 12.1 Å².